The van der Waals surface area contributed by atoms with E-state index in [1.165, 1.54) is 40.7 Å². The standard InChI is InChI=1S/C18H15F3N4O3S/c19-13-5-11-7-26-9-27-15(11)12(6-13)8-29-18-24-23-16(25(18)22)10-1-3-14(4-2-10)28-17(20)21/h1-6,17H,7-9,22H2. The fraction of sp³-hybridized carbons (Fsp3) is 0.222. The summed E-state index contributed by atoms with van der Waals surface area (Å²) in [6.07, 6.45) is 0. The van der Waals surface area contributed by atoms with E-state index in [9.17, 15) is 13.2 Å². The highest BCUT2D eigenvalue weighted by Gasteiger charge is 2.19. The number of rotatable bonds is 6. The molecule has 0 bridgehead atoms. The van der Waals surface area contributed by atoms with E-state index in [-0.39, 0.29) is 25.0 Å². The van der Waals surface area contributed by atoms with Crippen LogP contribution in [0.15, 0.2) is 41.6 Å². The topological polar surface area (TPSA) is 84.4 Å². The van der Waals surface area contributed by atoms with Crippen LogP contribution in [0.4, 0.5) is 13.2 Å². The maximum Gasteiger partial charge on any atom is 0.387 e. The van der Waals surface area contributed by atoms with Crippen molar-refractivity contribution >= 4 is 11.8 Å². The summed E-state index contributed by atoms with van der Waals surface area (Å²) >= 11 is 1.26. The molecule has 1 aliphatic heterocycles. The fourth-order valence-electron chi connectivity index (χ4n) is 2.86. The molecule has 0 fully saturated rings. The molecule has 2 heterocycles. The zero-order valence-corrected chi connectivity index (χ0v) is 15.7. The van der Waals surface area contributed by atoms with Gasteiger partial charge in [-0.15, -0.1) is 10.2 Å². The highest BCUT2D eigenvalue weighted by molar-refractivity contribution is 7.98. The molecule has 2 N–H and O–H groups in total. The van der Waals surface area contributed by atoms with Crippen molar-refractivity contribution < 1.29 is 27.4 Å². The number of nitrogens with zero attached hydrogens (tertiary/aromatic N) is 3. The molecular formula is C18H15F3N4O3S. The molecule has 4 rings (SSSR count). The minimum atomic E-state index is -2.90. The molecule has 0 atom stereocenters. The summed E-state index contributed by atoms with van der Waals surface area (Å²) in [6, 6.07) is 8.67. The van der Waals surface area contributed by atoms with Crippen molar-refractivity contribution in [2.75, 3.05) is 12.6 Å². The summed E-state index contributed by atoms with van der Waals surface area (Å²) < 4.78 is 54.7. The number of aromatic nitrogens is 3. The Morgan fingerprint density at radius 1 is 1.21 bits per heavy atom. The van der Waals surface area contributed by atoms with Crippen molar-refractivity contribution in [2.45, 2.75) is 24.1 Å². The average Bonchev–Trinajstić information content (AvgIpc) is 3.06. The lowest BCUT2D eigenvalue weighted by Gasteiger charge is -2.20. The third kappa shape index (κ3) is 4.25. The van der Waals surface area contributed by atoms with Gasteiger partial charge in [-0.1, -0.05) is 11.8 Å². The molecule has 0 amide bonds. The molecule has 152 valence electrons. The van der Waals surface area contributed by atoms with E-state index in [1.54, 1.807) is 12.1 Å². The number of halogens is 3. The molecular weight excluding hydrogens is 409 g/mol. The van der Waals surface area contributed by atoms with Crippen molar-refractivity contribution in [1.29, 1.82) is 0 Å². The lowest BCUT2D eigenvalue weighted by Crippen LogP contribution is -2.14. The number of thioether (sulfide) groups is 1. The van der Waals surface area contributed by atoms with E-state index in [2.05, 4.69) is 14.9 Å². The minimum absolute atomic E-state index is 0.0290. The van der Waals surface area contributed by atoms with Gasteiger partial charge in [0.05, 0.1) is 6.61 Å². The summed E-state index contributed by atoms with van der Waals surface area (Å²) in [5, 5.41) is 8.50. The van der Waals surface area contributed by atoms with Crippen LogP contribution in [0.5, 0.6) is 11.5 Å². The summed E-state index contributed by atoms with van der Waals surface area (Å²) in [5.74, 6) is 7.04. The SMILES string of the molecule is Nn1c(SCc2cc(F)cc3c2OCOC3)nnc1-c1ccc(OC(F)F)cc1. The van der Waals surface area contributed by atoms with Crippen LogP contribution in [0.1, 0.15) is 11.1 Å². The summed E-state index contributed by atoms with van der Waals surface area (Å²) in [6.45, 7) is -2.50. The molecule has 0 saturated carbocycles. The van der Waals surface area contributed by atoms with E-state index >= 15 is 0 Å². The lowest BCUT2D eigenvalue weighted by molar-refractivity contribution is -0.0498. The van der Waals surface area contributed by atoms with Gasteiger partial charge in [-0.25, -0.2) is 9.07 Å². The number of ether oxygens (including phenoxy) is 3. The number of alkyl halides is 2. The lowest BCUT2D eigenvalue weighted by atomic mass is 10.1. The third-order valence-electron chi connectivity index (χ3n) is 4.11. The first kappa shape index (κ1) is 19.4. The third-order valence-corrected chi connectivity index (χ3v) is 5.10. The van der Waals surface area contributed by atoms with Crippen LogP contribution in [0.2, 0.25) is 0 Å². The molecule has 29 heavy (non-hydrogen) atoms. The van der Waals surface area contributed by atoms with Crippen LogP contribution >= 0.6 is 11.8 Å². The molecule has 0 spiro atoms. The first-order chi connectivity index (χ1) is 14.0. The normalized spacial score (nSPS) is 13.2. The largest absolute Gasteiger partial charge is 0.467 e. The zero-order chi connectivity index (χ0) is 20.4. The van der Waals surface area contributed by atoms with E-state index in [4.69, 9.17) is 15.3 Å². The summed E-state index contributed by atoms with van der Waals surface area (Å²) in [7, 11) is 0. The van der Waals surface area contributed by atoms with Gasteiger partial charge in [0, 0.05) is 22.4 Å². The Labute approximate surface area is 167 Å². The number of fused-ring (bicyclic) bond motifs is 1. The molecule has 1 aliphatic rings. The van der Waals surface area contributed by atoms with Crippen molar-refractivity contribution in [3.8, 4) is 22.9 Å². The molecule has 2 aromatic carbocycles. The van der Waals surface area contributed by atoms with Crippen LogP contribution in [0.3, 0.4) is 0 Å². The van der Waals surface area contributed by atoms with E-state index < -0.39 is 6.61 Å². The van der Waals surface area contributed by atoms with Crippen LogP contribution in [0, 0.1) is 5.82 Å². The second-order valence-electron chi connectivity index (χ2n) is 6.03. The van der Waals surface area contributed by atoms with E-state index in [1.807, 2.05) is 0 Å². The molecule has 7 nitrogen and oxygen atoms in total. The molecule has 0 radical (unpaired) electrons. The van der Waals surface area contributed by atoms with Gasteiger partial charge in [-0.3, -0.25) is 0 Å². The van der Waals surface area contributed by atoms with Crippen molar-refractivity contribution in [3.63, 3.8) is 0 Å². The molecule has 0 aliphatic carbocycles. The van der Waals surface area contributed by atoms with Crippen LogP contribution in [-0.4, -0.2) is 28.3 Å². The van der Waals surface area contributed by atoms with Crippen molar-refractivity contribution in [2.24, 2.45) is 0 Å². The molecule has 3 aromatic rings. The van der Waals surface area contributed by atoms with Crippen LogP contribution in [0.25, 0.3) is 11.4 Å². The average molecular weight is 424 g/mol. The predicted octanol–water partition coefficient (Wildman–Crippen LogP) is 3.56. The number of nitrogens with two attached hydrogens (primary N) is 1. The Hall–Kier alpha value is -2.92. The Morgan fingerprint density at radius 2 is 2.00 bits per heavy atom. The smallest absolute Gasteiger partial charge is 0.387 e. The van der Waals surface area contributed by atoms with Gasteiger partial charge >= 0.3 is 6.61 Å². The molecule has 11 heteroatoms. The van der Waals surface area contributed by atoms with Gasteiger partial charge in [-0.2, -0.15) is 8.78 Å². The van der Waals surface area contributed by atoms with Crippen LogP contribution < -0.4 is 15.3 Å². The maximum absolute atomic E-state index is 13.9. The highest BCUT2D eigenvalue weighted by Crippen LogP contribution is 2.34. The van der Waals surface area contributed by atoms with E-state index in [0.29, 0.717) is 39.2 Å². The minimum Gasteiger partial charge on any atom is -0.467 e. The van der Waals surface area contributed by atoms with Gasteiger partial charge in [0.25, 0.3) is 0 Å². The maximum atomic E-state index is 13.9. The quantitative estimate of drug-likeness (QED) is 0.478. The first-order valence-corrected chi connectivity index (χ1v) is 9.40. The zero-order valence-electron chi connectivity index (χ0n) is 14.8. The van der Waals surface area contributed by atoms with Gasteiger partial charge in [0.15, 0.2) is 12.6 Å². The van der Waals surface area contributed by atoms with Gasteiger partial charge in [0.2, 0.25) is 5.16 Å². The number of benzene rings is 2. The second-order valence-corrected chi connectivity index (χ2v) is 6.97. The van der Waals surface area contributed by atoms with Gasteiger partial charge in [-0.05, 0) is 36.4 Å². The Morgan fingerprint density at radius 3 is 2.76 bits per heavy atom. The highest BCUT2D eigenvalue weighted by atomic mass is 32.2. The monoisotopic (exact) mass is 424 g/mol. The molecule has 0 saturated heterocycles. The number of hydrogen-bond acceptors (Lipinski definition) is 7. The van der Waals surface area contributed by atoms with Gasteiger partial charge in [0.1, 0.15) is 17.3 Å². The summed E-state index contributed by atoms with van der Waals surface area (Å²) in [4.78, 5) is 0. The predicted molar refractivity (Wildman–Crippen MR) is 98.5 cm³/mol. The molecule has 0 unspecified atom stereocenters. The van der Waals surface area contributed by atoms with E-state index in [0.717, 1.165) is 0 Å². The summed E-state index contributed by atoms with van der Waals surface area (Å²) in [5.41, 5.74) is 1.89. The second kappa shape index (κ2) is 8.21. The van der Waals surface area contributed by atoms with Crippen molar-refractivity contribution in [3.05, 3.63) is 53.3 Å². The number of nitrogen functional groups attached to an aromatic ring is 1. The van der Waals surface area contributed by atoms with Gasteiger partial charge < -0.3 is 20.1 Å². The first-order valence-electron chi connectivity index (χ1n) is 8.41. The Kier molecular flexibility index (Phi) is 5.49. The van der Waals surface area contributed by atoms with Crippen molar-refractivity contribution in [1.82, 2.24) is 14.9 Å². The number of hydrogen-bond donors (Lipinski definition) is 1. The van der Waals surface area contributed by atoms with Crippen LogP contribution in [-0.2, 0) is 17.1 Å². The fourth-order valence-corrected chi connectivity index (χ4v) is 3.69. The Bertz CT molecular complexity index is 1010. The Balaban J connectivity index is 1.51. The molecule has 1 aromatic heterocycles.